The first-order chi connectivity index (χ1) is 9.16. The van der Waals surface area contributed by atoms with Crippen molar-refractivity contribution in [2.24, 2.45) is 0 Å². The van der Waals surface area contributed by atoms with Crippen molar-refractivity contribution < 1.29 is 5.11 Å². The molecule has 96 valence electrons. The van der Waals surface area contributed by atoms with Crippen LogP contribution in [0.4, 0.5) is 0 Å². The van der Waals surface area contributed by atoms with Crippen molar-refractivity contribution in [1.82, 2.24) is 4.98 Å². The van der Waals surface area contributed by atoms with Gasteiger partial charge in [-0.25, -0.2) is 0 Å². The van der Waals surface area contributed by atoms with Gasteiger partial charge in [0.25, 0.3) is 0 Å². The molecule has 0 amide bonds. The van der Waals surface area contributed by atoms with Crippen LogP contribution in [-0.2, 0) is 0 Å². The lowest BCUT2D eigenvalue weighted by Crippen LogP contribution is -1.99. The highest BCUT2D eigenvalue weighted by molar-refractivity contribution is 9.13. The smallest absolute Gasteiger partial charge is 0.115 e. The molecule has 5 heteroatoms. The van der Waals surface area contributed by atoms with Crippen molar-refractivity contribution in [3.63, 3.8) is 0 Å². The Balaban J connectivity index is 2.13. The third-order valence-corrected chi connectivity index (χ3v) is 6.24. The number of aromatic nitrogens is 1. The van der Waals surface area contributed by atoms with Gasteiger partial charge in [-0.05, 0) is 43.3 Å². The van der Waals surface area contributed by atoms with Crippen LogP contribution in [0.25, 0.3) is 10.8 Å². The van der Waals surface area contributed by atoms with E-state index < -0.39 is 6.10 Å². The fourth-order valence-electron chi connectivity index (χ4n) is 2.01. The second-order valence-corrected chi connectivity index (χ2v) is 7.38. The topological polar surface area (TPSA) is 33.1 Å². The largest absolute Gasteiger partial charge is 0.383 e. The SMILES string of the molecule is OC(c1cc(Br)c(Br)s1)c1cncc2ccccc12. The Kier molecular flexibility index (Phi) is 3.71. The molecule has 0 fully saturated rings. The van der Waals surface area contributed by atoms with Gasteiger partial charge in [-0.2, -0.15) is 0 Å². The molecule has 2 aromatic heterocycles. The van der Waals surface area contributed by atoms with Crippen LogP contribution in [0.2, 0.25) is 0 Å². The first-order valence-electron chi connectivity index (χ1n) is 5.62. The van der Waals surface area contributed by atoms with Crippen LogP contribution < -0.4 is 0 Å². The Labute approximate surface area is 131 Å². The summed E-state index contributed by atoms with van der Waals surface area (Å²) in [6.07, 6.45) is 2.88. The van der Waals surface area contributed by atoms with E-state index in [0.29, 0.717) is 0 Å². The van der Waals surface area contributed by atoms with E-state index in [4.69, 9.17) is 0 Å². The molecule has 0 saturated heterocycles. The Bertz CT molecular complexity index is 716. The van der Waals surface area contributed by atoms with E-state index in [1.165, 1.54) is 11.3 Å². The second kappa shape index (κ2) is 5.32. The molecule has 0 spiro atoms. The van der Waals surface area contributed by atoms with E-state index in [2.05, 4.69) is 36.8 Å². The summed E-state index contributed by atoms with van der Waals surface area (Å²) >= 11 is 8.41. The van der Waals surface area contributed by atoms with E-state index >= 15 is 0 Å². The maximum Gasteiger partial charge on any atom is 0.115 e. The number of aliphatic hydroxyl groups excluding tert-OH is 1. The Morgan fingerprint density at radius 1 is 1.16 bits per heavy atom. The van der Waals surface area contributed by atoms with Crippen molar-refractivity contribution in [2.75, 3.05) is 0 Å². The van der Waals surface area contributed by atoms with Crippen LogP contribution in [0.15, 0.2) is 51.0 Å². The molecule has 0 saturated carbocycles. The van der Waals surface area contributed by atoms with Gasteiger partial charge >= 0.3 is 0 Å². The van der Waals surface area contributed by atoms with Gasteiger partial charge in [0.2, 0.25) is 0 Å². The number of nitrogens with zero attached hydrogens (tertiary/aromatic N) is 1. The van der Waals surface area contributed by atoms with Crippen molar-refractivity contribution in [1.29, 1.82) is 0 Å². The summed E-state index contributed by atoms with van der Waals surface area (Å²) in [6.45, 7) is 0. The maximum atomic E-state index is 10.6. The summed E-state index contributed by atoms with van der Waals surface area (Å²) in [7, 11) is 0. The molecule has 1 unspecified atom stereocenters. The number of fused-ring (bicyclic) bond motifs is 1. The Morgan fingerprint density at radius 3 is 2.68 bits per heavy atom. The van der Waals surface area contributed by atoms with Gasteiger partial charge in [-0.15, -0.1) is 11.3 Å². The lowest BCUT2D eigenvalue weighted by atomic mass is 10.0. The van der Waals surface area contributed by atoms with E-state index in [9.17, 15) is 5.11 Å². The zero-order chi connectivity index (χ0) is 13.4. The number of benzene rings is 1. The van der Waals surface area contributed by atoms with Crippen LogP contribution in [0, 0.1) is 0 Å². The summed E-state index contributed by atoms with van der Waals surface area (Å²) in [4.78, 5) is 5.10. The first-order valence-corrected chi connectivity index (χ1v) is 8.02. The zero-order valence-corrected chi connectivity index (χ0v) is 13.7. The highest BCUT2D eigenvalue weighted by atomic mass is 79.9. The summed E-state index contributed by atoms with van der Waals surface area (Å²) in [5.41, 5.74) is 0.833. The van der Waals surface area contributed by atoms with Gasteiger partial charge in [-0.3, -0.25) is 4.98 Å². The quantitative estimate of drug-likeness (QED) is 0.665. The zero-order valence-electron chi connectivity index (χ0n) is 9.68. The van der Waals surface area contributed by atoms with Gasteiger partial charge in [0.15, 0.2) is 0 Å². The summed E-state index contributed by atoms with van der Waals surface area (Å²) < 4.78 is 1.94. The fourth-order valence-corrected chi connectivity index (χ4v) is 4.10. The standard InChI is InChI=1S/C14H9Br2NOS/c15-11-5-12(19-14(11)16)13(18)10-7-17-6-8-3-1-2-4-9(8)10/h1-7,13,18H. The molecule has 0 bridgehead atoms. The molecule has 19 heavy (non-hydrogen) atoms. The van der Waals surface area contributed by atoms with E-state index in [0.717, 1.165) is 29.5 Å². The molecule has 0 radical (unpaired) electrons. The molecular formula is C14H9Br2NOS. The van der Waals surface area contributed by atoms with Crippen molar-refractivity contribution in [2.45, 2.75) is 6.10 Å². The van der Waals surface area contributed by atoms with E-state index in [1.807, 2.05) is 36.5 Å². The summed E-state index contributed by atoms with van der Waals surface area (Å²) in [5.74, 6) is 0. The predicted molar refractivity (Wildman–Crippen MR) is 85.5 cm³/mol. The third kappa shape index (κ3) is 2.48. The van der Waals surface area contributed by atoms with Gasteiger partial charge in [-0.1, -0.05) is 24.3 Å². The van der Waals surface area contributed by atoms with Gasteiger partial charge in [0, 0.05) is 32.7 Å². The highest BCUT2D eigenvalue weighted by Crippen LogP contribution is 2.38. The molecule has 0 aliphatic rings. The molecule has 3 rings (SSSR count). The minimum absolute atomic E-state index is 0.661. The van der Waals surface area contributed by atoms with Gasteiger partial charge in [0.05, 0.1) is 3.79 Å². The normalized spacial score (nSPS) is 12.8. The van der Waals surface area contributed by atoms with E-state index in [-0.39, 0.29) is 0 Å². The number of hydrogen-bond acceptors (Lipinski definition) is 3. The lowest BCUT2D eigenvalue weighted by Gasteiger charge is -2.11. The van der Waals surface area contributed by atoms with Crippen molar-refractivity contribution in [3.05, 3.63) is 61.4 Å². The number of halogens is 2. The van der Waals surface area contributed by atoms with Crippen LogP contribution in [0.3, 0.4) is 0 Å². The number of aliphatic hydroxyl groups is 1. The number of thiophene rings is 1. The summed E-state index contributed by atoms with van der Waals surface area (Å²) in [6, 6.07) is 9.88. The molecule has 1 N–H and O–H groups in total. The van der Waals surface area contributed by atoms with Crippen LogP contribution in [0.1, 0.15) is 16.5 Å². The lowest BCUT2D eigenvalue weighted by molar-refractivity contribution is 0.225. The summed E-state index contributed by atoms with van der Waals surface area (Å²) in [5, 5.41) is 12.6. The Hall–Kier alpha value is -0.750. The van der Waals surface area contributed by atoms with Crippen molar-refractivity contribution >= 4 is 54.0 Å². The highest BCUT2D eigenvalue weighted by Gasteiger charge is 2.17. The molecule has 1 atom stereocenters. The predicted octanol–water partition coefficient (Wildman–Crippen LogP) is 4.90. The number of hydrogen-bond donors (Lipinski definition) is 1. The van der Waals surface area contributed by atoms with Gasteiger partial charge < -0.3 is 5.11 Å². The number of pyridine rings is 1. The number of rotatable bonds is 2. The monoisotopic (exact) mass is 397 g/mol. The van der Waals surface area contributed by atoms with Crippen LogP contribution >= 0.6 is 43.2 Å². The molecular weight excluding hydrogens is 390 g/mol. The van der Waals surface area contributed by atoms with Crippen LogP contribution in [0.5, 0.6) is 0 Å². The minimum Gasteiger partial charge on any atom is -0.383 e. The average Bonchev–Trinajstić information content (AvgIpc) is 2.77. The molecule has 2 heterocycles. The first kappa shape index (κ1) is 13.2. The third-order valence-electron chi connectivity index (χ3n) is 2.93. The minimum atomic E-state index is -0.661. The van der Waals surface area contributed by atoms with Crippen LogP contribution in [-0.4, -0.2) is 10.1 Å². The maximum absolute atomic E-state index is 10.6. The Morgan fingerprint density at radius 2 is 1.95 bits per heavy atom. The van der Waals surface area contributed by atoms with Gasteiger partial charge in [0.1, 0.15) is 6.10 Å². The average molecular weight is 399 g/mol. The molecule has 2 nitrogen and oxygen atoms in total. The molecule has 0 aliphatic heterocycles. The van der Waals surface area contributed by atoms with E-state index in [1.54, 1.807) is 6.20 Å². The fraction of sp³-hybridized carbons (Fsp3) is 0.0714. The van der Waals surface area contributed by atoms with Crippen molar-refractivity contribution in [3.8, 4) is 0 Å². The second-order valence-electron chi connectivity index (χ2n) is 4.12. The molecule has 0 aliphatic carbocycles. The molecule has 1 aromatic carbocycles. The molecule has 3 aromatic rings.